The largest absolute Gasteiger partial charge is 0.494 e. The molecule has 1 aromatic rings. The van der Waals surface area contributed by atoms with Gasteiger partial charge in [-0.1, -0.05) is 13.8 Å². The molecular weight excluding hydrogens is 259 g/mol. The first-order valence-corrected chi connectivity index (χ1v) is 6.82. The molecule has 1 saturated heterocycles. The molecular formula is C15H21FN2O2. The number of carbonyl (C=O) groups is 1. The van der Waals surface area contributed by atoms with Crippen molar-refractivity contribution in [3.8, 4) is 5.75 Å². The molecule has 1 fully saturated rings. The molecule has 1 atom stereocenters. The summed E-state index contributed by atoms with van der Waals surface area (Å²) in [4.78, 5) is 12.4. The minimum Gasteiger partial charge on any atom is -0.494 e. The van der Waals surface area contributed by atoms with E-state index < -0.39 is 5.82 Å². The first-order valence-electron chi connectivity index (χ1n) is 6.82. The van der Waals surface area contributed by atoms with E-state index in [1.165, 1.54) is 25.3 Å². The van der Waals surface area contributed by atoms with Crippen molar-refractivity contribution in [2.45, 2.75) is 32.7 Å². The number of piperidine rings is 1. The lowest BCUT2D eigenvalue weighted by atomic mass is 9.77. The van der Waals surface area contributed by atoms with Gasteiger partial charge < -0.3 is 15.4 Å². The molecule has 0 bridgehead atoms. The number of amides is 1. The molecule has 1 heterocycles. The summed E-state index contributed by atoms with van der Waals surface area (Å²) in [5.74, 6) is -0.413. The smallest absolute Gasteiger partial charge is 0.242 e. The van der Waals surface area contributed by atoms with Crippen LogP contribution in [0, 0.1) is 11.2 Å². The highest BCUT2D eigenvalue weighted by atomic mass is 19.1. The van der Waals surface area contributed by atoms with Crippen LogP contribution in [0.4, 0.5) is 10.1 Å². The molecule has 0 radical (unpaired) electrons. The molecule has 5 heteroatoms. The van der Waals surface area contributed by atoms with Crippen LogP contribution in [0.15, 0.2) is 18.2 Å². The van der Waals surface area contributed by atoms with Gasteiger partial charge in [0.25, 0.3) is 0 Å². The zero-order valence-corrected chi connectivity index (χ0v) is 12.1. The number of nitrogens with one attached hydrogen (secondary N) is 2. The van der Waals surface area contributed by atoms with Gasteiger partial charge in [0.05, 0.1) is 13.2 Å². The van der Waals surface area contributed by atoms with Crippen molar-refractivity contribution in [2.24, 2.45) is 5.41 Å². The van der Waals surface area contributed by atoms with Crippen LogP contribution in [0.5, 0.6) is 5.75 Å². The molecule has 0 saturated carbocycles. The summed E-state index contributed by atoms with van der Waals surface area (Å²) in [6.07, 6.45) is 2.08. The summed E-state index contributed by atoms with van der Waals surface area (Å²) in [5.41, 5.74) is 0.448. The first-order chi connectivity index (χ1) is 9.44. The first kappa shape index (κ1) is 14.8. The monoisotopic (exact) mass is 280 g/mol. The van der Waals surface area contributed by atoms with Crippen molar-refractivity contribution in [3.05, 3.63) is 24.0 Å². The van der Waals surface area contributed by atoms with E-state index in [4.69, 9.17) is 4.74 Å². The summed E-state index contributed by atoms with van der Waals surface area (Å²) in [7, 11) is 1.40. The van der Waals surface area contributed by atoms with Gasteiger partial charge in [0, 0.05) is 11.8 Å². The Morgan fingerprint density at radius 3 is 2.90 bits per heavy atom. The SMILES string of the molecule is COc1cc(NC(=O)C2NCCCC2(C)C)ccc1F. The van der Waals surface area contributed by atoms with Gasteiger partial charge in [-0.2, -0.15) is 0 Å². The Bertz CT molecular complexity index is 503. The van der Waals surface area contributed by atoms with E-state index in [1.807, 2.05) is 0 Å². The van der Waals surface area contributed by atoms with Crippen LogP contribution < -0.4 is 15.4 Å². The average Bonchev–Trinajstić information content (AvgIpc) is 2.40. The van der Waals surface area contributed by atoms with Crippen molar-refractivity contribution >= 4 is 11.6 Å². The van der Waals surface area contributed by atoms with Crippen LogP contribution in [0.2, 0.25) is 0 Å². The fourth-order valence-corrected chi connectivity index (χ4v) is 2.61. The second-order valence-corrected chi connectivity index (χ2v) is 5.82. The summed E-state index contributed by atoms with van der Waals surface area (Å²) in [6, 6.07) is 4.06. The van der Waals surface area contributed by atoms with Crippen LogP contribution in [0.25, 0.3) is 0 Å². The van der Waals surface area contributed by atoms with Gasteiger partial charge in [-0.15, -0.1) is 0 Å². The number of hydrogen-bond acceptors (Lipinski definition) is 3. The number of benzene rings is 1. The second kappa shape index (κ2) is 5.79. The van der Waals surface area contributed by atoms with Gasteiger partial charge in [-0.3, -0.25) is 4.79 Å². The fourth-order valence-electron chi connectivity index (χ4n) is 2.61. The third-order valence-electron chi connectivity index (χ3n) is 3.81. The summed E-state index contributed by atoms with van der Waals surface area (Å²) in [5, 5.41) is 6.07. The van der Waals surface area contributed by atoms with Crippen LogP contribution in [-0.2, 0) is 4.79 Å². The third kappa shape index (κ3) is 3.10. The topological polar surface area (TPSA) is 50.4 Å². The lowest BCUT2D eigenvalue weighted by Crippen LogP contribution is -2.53. The standard InChI is InChI=1S/C15H21FN2O2/c1-15(2)7-4-8-17-13(15)14(19)18-10-5-6-11(16)12(9-10)20-3/h5-6,9,13,17H,4,7-8H2,1-3H3,(H,18,19). The highest BCUT2D eigenvalue weighted by Gasteiger charge is 2.37. The molecule has 1 amide bonds. The van der Waals surface area contributed by atoms with Crippen molar-refractivity contribution in [3.63, 3.8) is 0 Å². The molecule has 1 aliphatic heterocycles. The maximum atomic E-state index is 13.3. The Kier molecular flexibility index (Phi) is 4.28. The number of hydrogen-bond donors (Lipinski definition) is 2. The quantitative estimate of drug-likeness (QED) is 0.894. The second-order valence-electron chi connectivity index (χ2n) is 5.82. The zero-order chi connectivity index (χ0) is 14.8. The van der Waals surface area contributed by atoms with Crippen molar-refractivity contribution in [2.75, 3.05) is 19.0 Å². The summed E-state index contributed by atoms with van der Waals surface area (Å²) < 4.78 is 18.2. The molecule has 0 aromatic heterocycles. The molecule has 2 N–H and O–H groups in total. The maximum Gasteiger partial charge on any atom is 0.242 e. The lowest BCUT2D eigenvalue weighted by Gasteiger charge is -2.38. The van der Waals surface area contributed by atoms with Gasteiger partial charge in [0.1, 0.15) is 0 Å². The molecule has 0 spiro atoms. The minimum atomic E-state index is -0.443. The van der Waals surface area contributed by atoms with Gasteiger partial charge in [-0.25, -0.2) is 4.39 Å². The van der Waals surface area contributed by atoms with Gasteiger partial charge in [0.2, 0.25) is 5.91 Å². The average molecular weight is 280 g/mol. The number of anilines is 1. The number of halogens is 1. The molecule has 110 valence electrons. The molecule has 1 aromatic carbocycles. The van der Waals surface area contributed by atoms with E-state index in [0.29, 0.717) is 5.69 Å². The Morgan fingerprint density at radius 2 is 2.25 bits per heavy atom. The van der Waals surface area contributed by atoms with Gasteiger partial charge in [0.15, 0.2) is 11.6 Å². The van der Waals surface area contributed by atoms with Gasteiger partial charge >= 0.3 is 0 Å². The fraction of sp³-hybridized carbons (Fsp3) is 0.533. The van der Waals surface area contributed by atoms with E-state index in [0.717, 1.165) is 19.4 Å². The Morgan fingerprint density at radius 1 is 1.50 bits per heavy atom. The Labute approximate surface area is 118 Å². The van der Waals surface area contributed by atoms with E-state index in [2.05, 4.69) is 24.5 Å². The van der Waals surface area contributed by atoms with E-state index in [-0.39, 0.29) is 23.1 Å². The summed E-state index contributed by atoms with van der Waals surface area (Å²) >= 11 is 0. The molecule has 1 unspecified atom stereocenters. The summed E-state index contributed by atoms with van der Waals surface area (Å²) in [6.45, 7) is 5.00. The maximum absolute atomic E-state index is 13.3. The molecule has 0 aliphatic carbocycles. The molecule has 1 aliphatic rings. The number of methoxy groups -OCH3 is 1. The predicted molar refractivity (Wildman–Crippen MR) is 76.4 cm³/mol. The van der Waals surface area contributed by atoms with E-state index >= 15 is 0 Å². The molecule has 2 rings (SSSR count). The Hall–Kier alpha value is -1.62. The zero-order valence-electron chi connectivity index (χ0n) is 12.1. The predicted octanol–water partition coefficient (Wildman–Crippen LogP) is 2.55. The lowest BCUT2D eigenvalue weighted by molar-refractivity contribution is -0.121. The normalized spacial score (nSPS) is 21.3. The molecule has 20 heavy (non-hydrogen) atoms. The molecule has 4 nitrogen and oxygen atoms in total. The van der Waals surface area contributed by atoms with Crippen molar-refractivity contribution < 1.29 is 13.9 Å². The van der Waals surface area contributed by atoms with Crippen LogP contribution in [0.3, 0.4) is 0 Å². The third-order valence-corrected chi connectivity index (χ3v) is 3.81. The highest BCUT2D eigenvalue weighted by molar-refractivity contribution is 5.95. The number of rotatable bonds is 3. The van der Waals surface area contributed by atoms with Gasteiger partial charge in [-0.05, 0) is 36.9 Å². The van der Waals surface area contributed by atoms with E-state index in [1.54, 1.807) is 0 Å². The van der Waals surface area contributed by atoms with E-state index in [9.17, 15) is 9.18 Å². The van der Waals surface area contributed by atoms with Crippen molar-refractivity contribution in [1.29, 1.82) is 0 Å². The minimum absolute atomic E-state index is 0.0908. The number of ether oxygens (including phenoxy) is 1. The van der Waals surface area contributed by atoms with Crippen LogP contribution in [0.1, 0.15) is 26.7 Å². The van der Waals surface area contributed by atoms with Crippen LogP contribution in [-0.4, -0.2) is 25.6 Å². The highest BCUT2D eigenvalue weighted by Crippen LogP contribution is 2.31. The van der Waals surface area contributed by atoms with Crippen molar-refractivity contribution in [1.82, 2.24) is 5.32 Å². The van der Waals surface area contributed by atoms with Crippen LogP contribution >= 0.6 is 0 Å². The number of carbonyl (C=O) groups excluding carboxylic acids is 1. The Balaban J connectivity index is 2.11.